The Labute approximate surface area is 111 Å². The number of hydrogen-bond acceptors (Lipinski definition) is 2. The molecule has 17 heavy (non-hydrogen) atoms. The van der Waals surface area contributed by atoms with Crippen LogP contribution in [-0.4, -0.2) is 23.9 Å². The Kier molecular flexibility index (Phi) is 4.31. The topological polar surface area (TPSA) is 29.5 Å². The highest BCUT2D eigenvalue weighted by molar-refractivity contribution is 6.42. The highest BCUT2D eigenvalue weighted by Gasteiger charge is 2.31. The van der Waals surface area contributed by atoms with E-state index in [0.717, 1.165) is 18.6 Å². The third-order valence-electron chi connectivity index (χ3n) is 3.39. The first-order valence-corrected chi connectivity index (χ1v) is 6.57. The number of hydrogen-bond donors (Lipinski definition) is 1. The second kappa shape index (κ2) is 5.57. The van der Waals surface area contributed by atoms with Crippen molar-refractivity contribution in [2.24, 2.45) is 5.92 Å². The van der Waals surface area contributed by atoms with Gasteiger partial charge in [-0.3, -0.25) is 0 Å². The summed E-state index contributed by atoms with van der Waals surface area (Å²) in [5.74, 6) is 0.185. The molecular weight excluding hydrogens is 259 g/mol. The molecule has 0 amide bonds. The first-order chi connectivity index (χ1) is 8.09. The summed E-state index contributed by atoms with van der Waals surface area (Å²) in [7, 11) is 0. The molecule has 1 aliphatic heterocycles. The van der Waals surface area contributed by atoms with E-state index in [2.05, 4.69) is 0 Å². The van der Waals surface area contributed by atoms with E-state index < -0.39 is 6.10 Å². The third kappa shape index (κ3) is 2.94. The first-order valence-electron chi connectivity index (χ1n) is 5.82. The zero-order valence-electron chi connectivity index (χ0n) is 9.70. The molecule has 0 saturated carbocycles. The van der Waals surface area contributed by atoms with Gasteiger partial charge in [0, 0.05) is 18.9 Å². The van der Waals surface area contributed by atoms with Crippen LogP contribution >= 0.6 is 23.2 Å². The van der Waals surface area contributed by atoms with E-state index in [1.807, 2.05) is 19.1 Å². The van der Waals surface area contributed by atoms with Crippen LogP contribution in [0.5, 0.6) is 0 Å². The molecule has 1 aliphatic rings. The van der Waals surface area contributed by atoms with Crippen LogP contribution in [0.1, 0.15) is 18.9 Å². The number of rotatable bonds is 3. The van der Waals surface area contributed by atoms with E-state index in [9.17, 15) is 5.11 Å². The Morgan fingerprint density at radius 1 is 1.47 bits per heavy atom. The fraction of sp³-hybridized carbons (Fsp3) is 0.538. The summed E-state index contributed by atoms with van der Waals surface area (Å²) in [5, 5.41) is 11.3. The minimum Gasteiger partial charge on any atom is -0.392 e. The van der Waals surface area contributed by atoms with Gasteiger partial charge in [0.25, 0.3) is 0 Å². The van der Waals surface area contributed by atoms with Crippen molar-refractivity contribution in [2.45, 2.75) is 32.0 Å². The molecule has 1 saturated heterocycles. The summed E-state index contributed by atoms with van der Waals surface area (Å²) in [6.07, 6.45) is 1.12. The zero-order valence-corrected chi connectivity index (χ0v) is 11.2. The second-order valence-corrected chi connectivity index (χ2v) is 5.30. The van der Waals surface area contributed by atoms with Gasteiger partial charge in [0.05, 0.1) is 22.3 Å². The lowest BCUT2D eigenvalue weighted by Crippen LogP contribution is -2.28. The van der Waals surface area contributed by atoms with E-state index in [1.165, 1.54) is 0 Å². The highest BCUT2D eigenvalue weighted by Crippen LogP contribution is 2.30. The summed E-state index contributed by atoms with van der Waals surface area (Å²) in [6, 6.07) is 5.50. The summed E-state index contributed by atoms with van der Waals surface area (Å²) in [4.78, 5) is 0. The standard InChI is InChI=1S/C13H16Cl2O2/c1-8-10(5-6-17-8)12(16)7-9-3-2-4-11(14)13(9)15/h2-4,8,10,12,16H,5-7H2,1H3. The van der Waals surface area contributed by atoms with Crippen molar-refractivity contribution in [3.8, 4) is 0 Å². The molecule has 2 rings (SSSR count). The Morgan fingerprint density at radius 3 is 2.88 bits per heavy atom. The minimum absolute atomic E-state index is 0.114. The predicted molar refractivity (Wildman–Crippen MR) is 69.7 cm³/mol. The average molecular weight is 275 g/mol. The van der Waals surface area contributed by atoms with Gasteiger partial charge in [-0.25, -0.2) is 0 Å². The molecule has 0 bridgehead atoms. The summed E-state index contributed by atoms with van der Waals surface area (Å²) in [6.45, 7) is 2.73. The molecule has 2 nitrogen and oxygen atoms in total. The quantitative estimate of drug-likeness (QED) is 0.917. The molecule has 1 N–H and O–H groups in total. The minimum atomic E-state index is -0.427. The van der Waals surface area contributed by atoms with Gasteiger partial charge < -0.3 is 9.84 Å². The van der Waals surface area contributed by atoms with E-state index in [4.69, 9.17) is 27.9 Å². The molecule has 1 aromatic rings. The van der Waals surface area contributed by atoms with Crippen LogP contribution in [-0.2, 0) is 11.2 Å². The molecule has 3 unspecified atom stereocenters. The molecule has 0 aromatic heterocycles. The van der Waals surface area contributed by atoms with Gasteiger partial charge in [-0.2, -0.15) is 0 Å². The van der Waals surface area contributed by atoms with Gasteiger partial charge in [0.2, 0.25) is 0 Å². The van der Waals surface area contributed by atoms with Crippen LogP contribution in [0.3, 0.4) is 0 Å². The van der Waals surface area contributed by atoms with Gasteiger partial charge >= 0.3 is 0 Å². The monoisotopic (exact) mass is 274 g/mol. The van der Waals surface area contributed by atoms with Crippen LogP contribution < -0.4 is 0 Å². The number of ether oxygens (including phenoxy) is 1. The number of benzene rings is 1. The van der Waals surface area contributed by atoms with Gasteiger partial charge in [0.15, 0.2) is 0 Å². The van der Waals surface area contributed by atoms with Crippen molar-refractivity contribution in [3.63, 3.8) is 0 Å². The normalized spacial score (nSPS) is 26.1. The second-order valence-electron chi connectivity index (χ2n) is 4.51. The van der Waals surface area contributed by atoms with Crippen molar-refractivity contribution in [1.29, 1.82) is 0 Å². The molecule has 1 fully saturated rings. The Morgan fingerprint density at radius 2 is 2.24 bits per heavy atom. The first kappa shape index (κ1) is 13.2. The largest absolute Gasteiger partial charge is 0.392 e. The number of aliphatic hydroxyl groups excluding tert-OH is 1. The van der Waals surface area contributed by atoms with Crippen LogP contribution in [0.4, 0.5) is 0 Å². The van der Waals surface area contributed by atoms with Crippen molar-refractivity contribution < 1.29 is 9.84 Å². The predicted octanol–water partition coefficient (Wildman–Crippen LogP) is 3.32. The fourth-order valence-electron chi connectivity index (χ4n) is 2.34. The van der Waals surface area contributed by atoms with Crippen LogP contribution in [0.2, 0.25) is 10.0 Å². The average Bonchev–Trinajstić information content (AvgIpc) is 2.71. The molecule has 0 spiro atoms. The summed E-state index contributed by atoms with van der Waals surface area (Å²) in [5.41, 5.74) is 0.894. The molecule has 94 valence electrons. The van der Waals surface area contributed by atoms with Crippen LogP contribution in [0.15, 0.2) is 18.2 Å². The number of aliphatic hydroxyl groups is 1. The van der Waals surface area contributed by atoms with E-state index in [1.54, 1.807) is 6.07 Å². The van der Waals surface area contributed by atoms with Gasteiger partial charge in [-0.1, -0.05) is 35.3 Å². The van der Waals surface area contributed by atoms with E-state index >= 15 is 0 Å². The summed E-state index contributed by atoms with van der Waals surface area (Å²) >= 11 is 12.1. The lowest BCUT2D eigenvalue weighted by Gasteiger charge is -2.21. The Hall–Kier alpha value is -0.280. The molecule has 0 aliphatic carbocycles. The maximum absolute atomic E-state index is 10.2. The maximum Gasteiger partial charge on any atom is 0.0634 e. The smallest absolute Gasteiger partial charge is 0.0634 e. The van der Waals surface area contributed by atoms with Gasteiger partial charge in [-0.15, -0.1) is 0 Å². The summed E-state index contributed by atoms with van der Waals surface area (Å²) < 4.78 is 5.46. The lowest BCUT2D eigenvalue weighted by molar-refractivity contribution is 0.0441. The molecule has 1 heterocycles. The van der Waals surface area contributed by atoms with Crippen molar-refractivity contribution >= 4 is 23.2 Å². The highest BCUT2D eigenvalue weighted by atomic mass is 35.5. The molecule has 0 radical (unpaired) electrons. The van der Waals surface area contributed by atoms with Gasteiger partial charge in [0.1, 0.15) is 0 Å². The zero-order chi connectivity index (χ0) is 12.4. The Bertz CT molecular complexity index is 395. The lowest BCUT2D eigenvalue weighted by atomic mass is 9.91. The van der Waals surface area contributed by atoms with Crippen molar-refractivity contribution in [1.82, 2.24) is 0 Å². The van der Waals surface area contributed by atoms with Crippen LogP contribution in [0, 0.1) is 5.92 Å². The van der Waals surface area contributed by atoms with Crippen molar-refractivity contribution in [3.05, 3.63) is 33.8 Å². The van der Waals surface area contributed by atoms with E-state index in [-0.39, 0.29) is 12.0 Å². The van der Waals surface area contributed by atoms with Crippen molar-refractivity contribution in [2.75, 3.05) is 6.61 Å². The Balaban J connectivity index is 2.07. The SMILES string of the molecule is CC1OCCC1C(O)Cc1cccc(Cl)c1Cl. The molecule has 1 aromatic carbocycles. The third-order valence-corrected chi connectivity index (χ3v) is 4.25. The fourth-order valence-corrected chi connectivity index (χ4v) is 2.73. The number of halogens is 2. The van der Waals surface area contributed by atoms with Crippen LogP contribution in [0.25, 0.3) is 0 Å². The van der Waals surface area contributed by atoms with Gasteiger partial charge in [-0.05, 0) is 25.0 Å². The molecule has 3 atom stereocenters. The molecule has 4 heteroatoms. The maximum atomic E-state index is 10.2. The molecular formula is C13H16Cl2O2. The van der Waals surface area contributed by atoms with E-state index in [0.29, 0.717) is 16.5 Å².